The molecule has 1 atom stereocenters. The molecule has 0 radical (unpaired) electrons. The number of methoxy groups -OCH3 is 1. The van der Waals surface area contributed by atoms with Crippen molar-refractivity contribution in [2.24, 2.45) is 0 Å². The zero-order valence-corrected chi connectivity index (χ0v) is 16.5. The molecule has 0 fully saturated rings. The Hall–Kier alpha value is -3.28. The van der Waals surface area contributed by atoms with Gasteiger partial charge in [0.25, 0.3) is 0 Å². The quantitative estimate of drug-likeness (QED) is 0.759. The fourth-order valence-corrected chi connectivity index (χ4v) is 3.17. The van der Waals surface area contributed by atoms with Gasteiger partial charge in [-0.3, -0.25) is 0 Å². The third-order valence-corrected chi connectivity index (χ3v) is 4.70. The van der Waals surface area contributed by atoms with E-state index in [0.717, 1.165) is 22.4 Å². The molecule has 0 bridgehead atoms. The molecule has 0 aliphatic carbocycles. The smallest absolute Gasteiger partial charge is 0.337 e. The lowest BCUT2D eigenvalue weighted by Gasteiger charge is -2.28. The SMILES string of the molecule is CCC1=C(C(=O)OC)C(c2ccc(Oc3cc(C)ccc3C)cc2)NC(=O)N1. The zero-order chi connectivity index (χ0) is 20.3. The first-order valence-corrected chi connectivity index (χ1v) is 9.16. The normalized spacial score (nSPS) is 16.3. The van der Waals surface area contributed by atoms with Gasteiger partial charge in [0.1, 0.15) is 11.5 Å². The van der Waals surface area contributed by atoms with Crippen LogP contribution in [-0.2, 0) is 9.53 Å². The van der Waals surface area contributed by atoms with E-state index in [0.29, 0.717) is 23.4 Å². The molecule has 2 N–H and O–H groups in total. The number of amides is 2. The summed E-state index contributed by atoms with van der Waals surface area (Å²) in [6.07, 6.45) is 0.516. The molecule has 2 aromatic rings. The first-order chi connectivity index (χ1) is 13.4. The molecule has 6 heteroatoms. The number of benzene rings is 2. The first kappa shape index (κ1) is 19.5. The van der Waals surface area contributed by atoms with Crippen molar-refractivity contribution in [1.29, 1.82) is 0 Å². The standard InChI is InChI=1S/C22H24N2O4/c1-5-17-19(21(25)27-4)20(24-22(26)23-17)15-8-10-16(11-9-15)28-18-12-13(2)6-7-14(18)3/h6-12,20H,5H2,1-4H3,(H2,23,24,26). The Morgan fingerprint density at radius 2 is 1.82 bits per heavy atom. The van der Waals surface area contributed by atoms with Crippen LogP contribution >= 0.6 is 0 Å². The van der Waals surface area contributed by atoms with Gasteiger partial charge in [-0.1, -0.05) is 31.2 Å². The Morgan fingerprint density at radius 3 is 2.46 bits per heavy atom. The first-order valence-electron chi connectivity index (χ1n) is 9.16. The van der Waals surface area contributed by atoms with E-state index in [1.165, 1.54) is 7.11 Å². The monoisotopic (exact) mass is 380 g/mol. The molecule has 0 saturated heterocycles. The number of urea groups is 1. The highest BCUT2D eigenvalue weighted by Crippen LogP contribution is 2.31. The van der Waals surface area contributed by atoms with Crippen LogP contribution in [0.3, 0.4) is 0 Å². The lowest BCUT2D eigenvalue weighted by molar-refractivity contribution is -0.136. The molecule has 2 amide bonds. The number of ether oxygens (including phenoxy) is 2. The predicted octanol–water partition coefficient (Wildman–Crippen LogP) is 4.29. The summed E-state index contributed by atoms with van der Waals surface area (Å²) in [5, 5.41) is 5.49. The molecule has 1 heterocycles. The molecule has 3 rings (SSSR count). The van der Waals surface area contributed by atoms with Crippen LogP contribution in [0.4, 0.5) is 4.79 Å². The van der Waals surface area contributed by atoms with Crippen molar-refractivity contribution in [2.75, 3.05) is 7.11 Å². The molecule has 2 aromatic carbocycles. The van der Waals surface area contributed by atoms with Crippen LogP contribution in [0.25, 0.3) is 0 Å². The largest absolute Gasteiger partial charge is 0.466 e. The summed E-state index contributed by atoms with van der Waals surface area (Å²) in [6, 6.07) is 12.5. The summed E-state index contributed by atoms with van der Waals surface area (Å²) in [7, 11) is 1.33. The average Bonchev–Trinajstić information content (AvgIpc) is 2.70. The van der Waals surface area contributed by atoms with Crippen molar-refractivity contribution in [3.8, 4) is 11.5 Å². The van der Waals surface area contributed by atoms with Gasteiger partial charge in [-0.2, -0.15) is 0 Å². The minimum absolute atomic E-state index is 0.342. The highest BCUT2D eigenvalue weighted by Gasteiger charge is 2.32. The summed E-state index contributed by atoms with van der Waals surface area (Å²) >= 11 is 0. The third-order valence-electron chi connectivity index (χ3n) is 4.70. The van der Waals surface area contributed by atoms with Gasteiger partial charge in [0, 0.05) is 5.70 Å². The molecular weight excluding hydrogens is 356 g/mol. The average molecular weight is 380 g/mol. The van der Waals surface area contributed by atoms with Crippen molar-refractivity contribution in [3.63, 3.8) is 0 Å². The number of allylic oxidation sites excluding steroid dienone is 1. The molecule has 146 valence electrons. The van der Waals surface area contributed by atoms with Gasteiger partial charge >= 0.3 is 12.0 Å². The molecule has 0 aromatic heterocycles. The topological polar surface area (TPSA) is 76.7 Å². The summed E-state index contributed by atoms with van der Waals surface area (Å²) in [5.74, 6) is 1.01. The number of aryl methyl sites for hydroxylation is 2. The number of nitrogens with one attached hydrogen (secondary N) is 2. The minimum Gasteiger partial charge on any atom is -0.466 e. The molecule has 1 aliphatic rings. The fraction of sp³-hybridized carbons (Fsp3) is 0.273. The highest BCUT2D eigenvalue weighted by molar-refractivity contribution is 5.95. The second kappa shape index (κ2) is 8.17. The molecule has 6 nitrogen and oxygen atoms in total. The number of rotatable bonds is 5. The maximum atomic E-state index is 12.3. The molecule has 28 heavy (non-hydrogen) atoms. The van der Waals surface area contributed by atoms with Gasteiger partial charge in [0.15, 0.2) is 0 Å². The predicted molar refractivity (Wildman–Crippen MR) is 106 cm³/mol. The molecule has 1 unspecified atom stereocenters. The van der Waals surface area contributed by atoms with Crippen molar-refractivity contribution in [1.82, 2.24) is 10.6 Å². The lowest BCUT2D eigenvalue weighted by atomic mass is 9.94. The molecule has 0 saturated carbocycles. The maximum absolute atomic E-state index is 12.3. The van der Waals surface area contributed by atoms with Crippen LogP contribution in [0.5, 0.6) is 11.5 Å². The summed E-state index contributed by atoms with van der Waals surface area (Å²) in [5.41, 5.74) is 3.91. The van der Waals surface area contributed by atoms with E-state index >= 15 is 0 Å². The van der Waals surface area contributed by atoms with Crippen LogP contribution in [0.1, 0.15) is 36.1 Å². The third kappa shape index (κ3) is 4.01. The van der Waals surface area contributed by atoms with Crippen LogP contribution < -0.4 is 15.4 Å². The Labute approximate surface area is 164 Å². The number of carbonyl (C=O) groups excluding carboxylic acids is 2. The van der Waals surface area contributed by atoms with E-state index in [1.54, 1.807) is 0 Å². The van der Waals surface area contributed by atoms with E-state index in [9.17, 15) is 9.59 Å². The van der Waals surface area contributed by atoms with Gasteiger partial charge < -0.3 is 20.1 Å². The number of carbonyl (C=O) groups is 2. The Kier molecular flexibility index (Phi) is 5.68. The van der Waals surface area contributed by atoms with Gasteiger partial charge in [-0.25, -0.2) is 9.59 Å². The van der Waals surface area contributed by atoms with Crippen LogP contribution in [0.15, 0.2) is 53.7 Å². The van der Waals surface area contributed by atoms with E-state index < -0.39 is 12.0 Å². The number of hydrogen-bond donors (Lipinski definition) is 2. The fourth-order valence-electron chi connectivity index (χ4n) is 3.17. The van der Waals surface area contributed by atoms with Crippen LogP contribution in [0, 0.1) is 13.8 Å². The van der Waals surface area contributed by atoms with Gasteiger partial charge in [0.05, 0.1) is 18.7 Å². The van der Waals surface area contributed by atoms with Gasteiger partial charge in [-0.05, 0) is 55.2 Å². The molecule has 0 spiro atoms. The lowest BCUT2D eigenvalue weighted by Crippen LogP contribution is -2.45. The maximum Gasteiger partial charge on any atom is 0.337 e. The van der Waals surface area contributed by atoms with Gasteiger partial charge in [0.2, 0.25) is 0 Å². The summed E-state index contributed by atoms with van der Waals surface area (Å²) in [6.45, 7) is 5.89. The molecule has 1 aliphatic heterocycles. The number of esters is 1. The summed E-state index contributed by atoms with van der Waals surface area (Å²) in [4.78, 5) is 24.3. The van der Waals surface area contributed by atoms with Crippen molar-refractivity contribution < 1.29 is 19.1 Å². The zero-order valence-electron chi connectivity index (χ0n) is 16.5. The minimum atomic E-state index is -0.578. The second-order valence-corrected chi connectivity index (χ2v) is 6.71. The van der Waals surface area contributed by atoms with Crippen molar-refractivity contribution >= 4 is 12.0 Å². The van der Waals surface area contributed by atoms with E-state index in [-0.39, 0.29) is 6.03 Å². The number of hydrogen-bond acceptors (Lipinski definition) is 4. The Morgan fingerprint density at radius 1 is 1.11 bits per heavy atom. The highest BCUT2D eigenvalue weighted by atomic mass is 16.5. The van der Waals surface area contributed by atoms with E-state index in [4.69, 9.17) is 9.47 Å². The Bertz CT molecular complexity index is 932. The van der Waals surface area contributed by atoms with E-state index in [2.05, 4.69) is 10.6 Å². The van der Waals surface area contributed by atoms with Crippen LogP contribution in [-0.4, -0.2) is 19.1 Å². The van der Waals surface area contributed by atoms with Gasteiger partial charge in [-0.15, -0.1) is 0 Å². The summed E-state index contributed by atoms with van der Waals surface area (Å²) < 4.78 is 10.9. The molecular formula is C22H24N2O4. The second-order valence-electron chi connectivity index (χ2n) is 6.71. The van der Waals surface area contributed by atoms with Crippen molar-refractivity contribution in [2.45, 2.75) is 33.2 Å². The van der Waals surface area contributed by atoms with Crippen LogP contribution in [0.2, 0.25) is 0 Å². The van der Waals surface area contributed by atoms with Crippen molar-refractivity contribution in [3.05, 3.63) is 70.4 Å². The Balaban J connectivity index is 1.90. The van der Waals surface area contributed by atoms with E-state index in [1.807, 2.05) is 63.2 Å².